The van der Waals surface area contributed by atoms with E-state index >= 15 is 0 Å². The maximum atomic E-state index is 10.2. The van der Waals surface area contributed by atoms with Crippen molar-refractivity contribution in [3.8, 4) is 0 Å². The van der Waals surface area contributed by atoms with Crippen LogP contribution in [0.2, 0.25) is 0 Å². The van der Waals surface area contributed by atoms with Gasteiger partial charge in [-0.05, 0) is 118 Å². The first-order valence-corrected chi connectivity index (χ1v) is 13.0. The highest BCUT2D eigenvalue weighted by Crippen LogP contribution is 2.70. The van der Waals surface area contributed by atoms with Gasteiger partial charge in [0, 0.05) is 0 Å². The summed E-state index contributed by atoms with van der Waals surface area (Å²) in [6.07, 6.45) is 15.9. The summed E-state index contributed by atoms with van der Waals surface area (Å²) >= 11 is 0. The van der Waals surface area contributed by atoms with Gasteiger partial charge in [-0.25, -0.2) is 0 Å². The fraction of sp³-hybridized carbons (Fsp3) is 1.00. The predicted molar refractivity (Wildman–Crippen MR) is 119 cm³/mol. The average molecular weight is 403 g/mol. The lowest BCUT2D eigenvalue weighted by Gasteiger charge is -2.60. The normalized spacial score (nSPS) is 54.4. The predicted octanol–water partition coefficient (Wildman–Crippen LogP) is 6.60. The largest absolute Gasteiger partial charge is 0.390 e. The van der Waals surface area contributed by atoms with E-state index in [0.717, 1.165) is 42.4 Å². The lowest BCUT2D eigenvalue weighted by atomic mass is 9.44. The topological polar surface area (TPSA) is 29.5 Å². The lowest BCUT2D eigenvalue weighted by Crippen LogP contribution is -2.53. The minimum Gasteiger partial charge on any atom is -0.390 e. The van der Waals surface area contributed by atoms with Crippen LogP contribution >= 0.6 is 0 Å². The number of ether oxygens (including phenoxy) is 1. The van der Waals surface area contributed by atoms with Crippen molar-refractivity contribution >= 4 is 0 Å². The van der Waals surface area contributed by atoms with Crippen LogP contribution < -0.4 is 0 Å². The van der Waals surface area contributed by atoms with Gasteiger partial charge in [0.05, 0.1) is 17.8 Å². The van der Waals surface area contributed by atoms with E-state index in [4.69, 9.17) is 4.74 Å². The molecular weight excluding hydrogens is 356 g/mol. The standard InChI is InChI=1S/C27H46O2/c1-17-22(12-14-25(2,3)28)29-23-16-21-19-10-9-18-8-6-7-13-26(18,4)20(19)11-15-27(21,5)24(17)23/h17-24,28H,6-16H2,1-5H3/t17-,18?,19-,20+,21+,22-,23+,24+,26+,27+/m1/s1. The molecule has 4 saturated carbocycles. The molecule has 5 rings (SSSR count). The summed E-state index contributed by atoms with van der Waals surface area (Å²) in [7, 11) is 0. The zero-order valence-electron chi connectivity index (χ0n) is 19.8. The van der Waals surface area contributed by atoms with Crippen LogP contribution in [0.3, 0.4) is 0 Å². The third-order valence-corrected chi connectivity index (χ3v) is 11.2. The molecular formula is C27H46O2. The van der Waals surface area contributed by atoms with Gasteiger partial charge in [0.25, 0.3) is 0 Å². The van der Waals surface area contributed by atoms with E-state index in [9.17, 15) is 5.11 Å². The fourth-order valence-corrected chi connectivity index (χ4v) is 9.81. The molecule has 166 valence electrons. The van der Waals surface area contributed by atoms with Crippen molar-refractivity contribution in [2.45, 2.75) is 123 Å². The van der Waals surface area contributed by atoms with Gasteiger partial charge in [-0.15, -0.1) is 0 Å². The Labute approximate surface area is 179 Å². The number of rotatable bonds is 3. The molecule has 1 N–H and O–H groups in total. The van der Waals surface area contributed by atoms with Crippen molar-refractivity contribution in [3.63, 3.8) is 0 Å². The SMILES string of the molecule is C[C@H]1[C@H]2[C@H](C[C@H]3[C@@H]4CCC5CCCC[C@]5(C)[C@H]4CC[C@]23C)O[C@@H]1CCC(C)(C)O. The van der Waals surface area contributed by atoms with Gasteiger partial charge in [0.2, 0.25) is 0 Å². The van der Waals surface area contributed by atoms with Gasteiger partial charge in [0.1, 0.15) is 0 Å². The van der Waals surface area contributed by atoms with Crippen LogP contribution in [0.1, 0.15) is 105 Å². The molecule has 0 aromatic carbocycles. The molecule has 1 unspecified atom stereocenters. The summed E-state index contributed by atoms with van der Waals surface area (Å²) in [5.74, 6) is 5.26. The first-order valence-electron chi connectivity index (χ1n) is 13.0. The van der Waals surface area contributed by atoms with Crippen molar-refractivity contribution in [1.29, 1.82) is 0 Å². The first kappa shape index (κ1) is 20.8. The van der Waals surface area contributed by atoms with Gasteiger partial charge in [-0.3, -0.25) is 0 Å². The van der Waals surface area contributed by atoms with E-state index < -0.39 is 5.60 Å². The van der Waals surface area contributed by atoms with Gasteiger partial charge in [-0.2, -0.15) is 0 Å². The van der Waals surface area contributed by atoms with E-state index in [1.165, 1.54) is 57.8 Å². The van der Waals surface area contributed by atoms with E-state index in [0.29, 0.717) is 29.0 Å². The Hall–Kier alpha value is -0.0800. The molecule has 2 nitrogen and oxygen atoms in total. The second-order valence-corrected chi connectivity index (χ2v) is 13.1. The van der Waals surface area contributed by atoms with Gasteiger partial charge in [0.15, 0.2) is 0 Å². The van der Waals surface area contributed by atoms with E-state index in [-0.39, 0.29) is 0 Å². The van der Waals surface area contributed by atoms with Crippen molar-refractivity contribution in [2.24, 2.45) is 46.3 Å². The molecule has 0 amide bonds. The Bertz CT molecular complexity index is 623. The Balaban J connectivity index is 1.34. The quantitative estimate of drug-likeness (QED) is 0.576. The van der Waals surface area contributed by atoms with Gasteiger partial charge < -0.3 is 9.84 Å². The molecule has 29 heavy (non-hydrogen) atoms. The minimum absolute atomic E-state index is 0.360. The van der Waals surface area contributed by atoms with Gasteiger partial charge >= 0.3 is 0 Å². The second-order valence-electron chi connectivity index (χ2n) is 13.1. The van der Waals surface area contributed by atoms with E-state index in [1.54, 1.807) is 0 Å². The summed E-state index contributed by atoms with van der Waals surface area (Å²) in [6.45, 7) is 11.7. The molecule has 0 aromatic heterocycles. The highest BCUT2D eigenvalue weighted by Gasteiger charge is 2.65. The number of hydrogen-bond acceptors (Lipinski definition) is 2. The summed E-state index contributed by atoms with van der Waals surface area (Å²) in [4.78, 5) is 0. The van der Waals surface area contributed by atoms with Crippen molar-refractivity contribution in [1.82, 2.24) is 0 Å². The number of aliphatic hydroxyl groups is 1. The molecule has 5 aliphatic rings. The third-order valence-electron chi connectivity index (χ3n) is 11.2. The van der Waals surface area contributed by atoms with Crippen LogP contribution in [0.5, 0.6) is 0 Å². The molecule has 4 aliphatic carbocycles. The average Bonchev–Trinajstić information content (AvgIpc) is 3.12. The van der Waals surface area contributed by atoms with E-state index in [1.807, 2.05) is 13.8 Å². The monoisotopic (exact) mass is 402 g/mol. The smallest absolute Gasteiger partial charge is 0.0618 e. The number of hydrogen-bond donors (Lipinski definition) is 1. The molecule has 0 spiro atoms. The maximum absolute atomic E-state index is 10.2. The molecule has 2 heteroatoms. The Morgan fingerprint density at radius 3 is 2.52 bits per heavy atom. The zero-order chi connectivity index (χ0) is 20.6. The highest BCUT2D eigenvalue weighted by atomic mass is 16.5. The highest BCUT2D eigenvalue weighted by molar-refractivity contribution is 5.13. The molecule has 5 fully saturated rings. The summed E-state index contributed by atoms with van der Waals surface area (Å²) in [5.41, 5.74) is 0.563. The van der Waals surface area contributed by atoms with Crippen LogP contribution in [-0.2, 0) is 4.74 Å². The Morgan fingerprint density at radius 2 is 1.76 bits per heavy atom. The fourth-order valence-electron chi connectivity index (χ4n) is 9.81. The molecule has 0 bridgehead atoms. The van der Waals surface area contributed by atoms with Crippen LogP contribution in [0.25, 0.3) is 0 Å². The van der Waals surface area contributed by atoms with Crippen molar-refractivity contribution < 1.29 is 9.84 Å². The number of fused-ring (bicyclic) bond motifs is 7. The van der Waals surface area contributed by atoms with Crippen molar-refractivity contribution in [3.05, 3.63) is 0 Å². The molecule has 10 atom stereocenters. The molecule has 1 saturated heterocycles. The van der Waals surface area contributed by atoms with Crippen molar-refractivity contribution in [2.75, 3.05) is 0 Å². The minimum atomic E-state index is -0.570. The Kier molecular flexibility index (Phi) is 4.99. The zero-order valence-corrected chi connectivity index (χ0v) is 19.8. The second kappa shape index (κ2) is 6.96. The Morgan fingerprint density at radius 1 is 0.966 bits per heavy atom. The summed E-state index contributed by atoms with van der Waals surface area (Å²) < 4.78 is 6.75. The van der Waals surface area contributed by atoms with Crippen LogP contribution in [0.4, 0.5) is 0 Å². The molecule has 1 aliphatic heterocycles. The molecule has 0 aromatic rings. The maximum Gasteiger partial charge on any atom is 0.0618 e. The third kappa shape index (κ3) is 3.17. The first-order chi connectivity index (χ1) is 13.6. The lowest BCUT2D eigenvalue weighted by molar-refractivity contribution is -0.115. The van der Waals surface area contributed by atoms with Gasteiger partial charge in [-0.1, -0.05) is 33.6 Å². The molecule has 0 radical (unpaired) electrons. The van der Waals surface area contributed by atoms with Crippen LogP contribution in [0.15, 0.2) is 0 Å². The van der Waals surface area contributed by atoms with Crippen LogP contribution in [-0.4, -0.2) is 22.9 Å². The summed E-state index contributed by atoms with van der Waals surface area (Å²) in [6, 6.07) is 0. The van der Waals surface area contributed by atoms with E-state index in [2.05, 4.69) is 20.8 Å². The van der Waals surface area contributed by atoms with Crippen LogP contribution in [0, 0.1) is 46.3 Å². The molecule has 1 heterocycles. The summed E-state index contributed by atoms with van der Waals surface area (Å²) in [5, 5.41) is 10.2.